The second-order valence-corrected chi connectivity index (χ2v) is 5.90. The maximum absolute atomic E-state index is 5.70. The molecule has 0 aliphatic heterocycles. The number of aryl methyl sites for hydroxylation is 1. The normalized spacial score (nSPS) is 10.6. The molecular formula is C18H21BrO2. The van der Waals surface area contributed by atoms with E-state index in [4.69, 9.17) is 9.47 Å². The van der Waals surface area contributed by atoms with Crippen molar-refractivity contribution >= 4 is 15.9 Å². The predicted octanol–water partition coefficient (Wildman–Crippen LogP) is 5.00. The number of rotatable bonds is 8. The van der Waals surface area contributed by atoms with Gasteiger partial charge in [-0.25, -0.2) is 0 Å². The van der Waals surface area contributed by atoms with E-state index in [0.717, 1.165) is 36.1 Å². The third kappa shape index (κ3) is 5.90. The van der Waals surface area contributed by atoms with Gasteiger partial charge >= 0.3 is 0 Å². The molecule has 0 N–H and O–H groups in total. The van der Waals surface area contributed by atoms with Crippen molar-refractivity contribution in [1.82, 2.24) is 0 Å². The summed E-state index contributed by atoms with van der Waals surface area (Å²) in [6, 6.07) is 16.5. The van der Waals surface area contributed by atoms with E-state index in [0.29, 0.717) is 6.61 Å². The Hall–Kier alpha value is -1.32. The smallest absolute Gasteiger partial charge is 0.118 e. The fourth-order valence-corrected chi connectivity index (χ4v) is 2.36. The van der Waals surface area contributed by atoms with Gasteiger partial charge in [0.1, 0.15) is 5.75 Å². The summed E-state index contributed by atoms with van der Waals surface area (Å²) < 4.78 is 12.0. The topological polar surface area (TPSA) is 18.5 Å². The van der Waals surface area contributed by atoms with E-state index in [2.05, 4.69) is 40.2 Å². The van der Waals surface area contributed by atoms with Crippen LogP contribution in [0.15, 0.2) is 53.0 Å². The summed E-state index contributed by atoms with van der Waals surface area (Å²) in [5, 5.41) is 0. The van der Waals surface area contributed by atoms with Crippen molar-refractivity contribution in [3.05, 3.63) is 64.1 Å². The highest BCUT2D eigenvalue weighted by atomic mass is 79.9. The Bertz CT molecular complexity index is 520. The molecule has 0 spiro atoms. The Balaban J connectivity index is 1.58. The monoisotopic (exact) mass is 348 g/mol. The molecule has 2 aromatic rings. The Labute approximate surface area is 135 Å². The number of hydrogen-bond acceptors (Lipinski definition) is 2. The first-order valence-electron chi connectivity index (χ1n) is 7.23. The van der Waals surface area contributed by atoms with E-state index in [1.807, 2.05) is 24.3 Å². The lowest BCUT2D eigenvalue weighted by atomic mass is 10.1. The minimum absolute atomic E-state index is 0.690. The van der Waals surface area contributed by atoms with Crippen LogP contribution in [0, 0.1) is 0 Å². The van der Waals surface area contributed by atoms with Gasteiger partial charge in [0.25, 0.3) is 0 Å². The van der Waals surface area contributed by atoms with Gasteiger partial charge in [-0.3, -0.25) is 0 Å². The molecule has 0 atom stereocenters. The lowest BCUT2D eigenvalue weighted by Crippen LogP contribution is -1.96. The second-order valence-electron chi connectivity index (χ2n) is 4.98. The number of halogens is 1. The van der Waals surface area contributed by atoms with Crippen LogP contribution in [0.4, 0.5) is 0 Å². The summed E-state index contributed by atoms with van der Waals surface area (Å²) in [4.78, 5) is 0. The zero-order chi connectivity index (χ0) is 14.9. The lowest BCUT2D eigenvalue weighted by molar-refractivity contribution is 0.117. The van der Waals surface area contributed by atoms with Crippen LogP contribution in [0.2, 0.25) is 0 Å². The number of benzene rings is 2. The zero-order valence-electron chi connectivity index (χ0n) is 12.3. The highest BCUT2D eigenvalue weighted by Crippen LogP contribution is 2.14. The van der Waals surface area contributed by atoms with Crippen molar-refractivity contribution in [2.24, 2.45) is 0 Å². The number of ether oxygens (including phenoxy) is 2. The Morgan fingerprint density at radius 3 is 2.19 bits per heavy atom. The van der Waals surface area contributed by atoms with Gasteiger partial charge in [0, 0.05) is 11.1 Å². The van der Waals surface area contributed by atoms with Gasteiger partial charge < -0.3 is 9.47 Å². The number of unbranched alkanes of at least 4 members (excludes halogenated alkanes) is 1. The van der Waals surface area contributed by atoms with E-state index < -0.39 is 0 Å². The van der Waals surface area contributed by atoms with Crippen molar-refractivity contribution in [3.8, 4) is 5.75 Å². The van der Waals surface area contributed by atoms with Gasteiger partial charge in [0.15, 0.2) is 0 Å². The van der Waals surface area contributed by atoms with Crippen LogP contribution in [-0.4, -0.2) is 13.7 Å². The number of methoxy groups -OCH3 is 1. The maximum Gasteiger partial charge on any atom is 0.118 e. The molecule has 0 radical (unpaired) electrons. The molecule has 0 amide bonds. The van der Waals surface area contributed by atoms with Crippen LogP contribution in [0.5, 0.6) is 5.75 Å². The number of hydrogen-bond donors (Lipinski definition) is 0. The molecule has 3 heteroatoms. The average Bonchev–Trinajstić information content (AvgIpc) is 2.53. The SMILES string of the molecule is COc1ccc(CCCCOCc2ccc(Br)cc2)cc1. The minimum atomic E-state index is 0.690. The molecule has 0 unspecified atom stereocenters. The molecule has 0 heterocycles. The molecule has 2 nitrogen and oxygen atoms in total. The molecule has 0 saturated heterocycles. The van der Waals surface area contributed by atoms with E-state index in [1.165, 1.54) is 11.1 Å². The Morgan fingerprint density at radius 2 is 1.52 bits per heavy atom. The van der Waals surface area contributed by atoms with Crippen LogP contribution in [0.3, 0.4) is 0 Å². The third-order valence-electron chi connectivity index (χ3n) is 3.35. The predicted molar refractivity (Wildman–Crippen MR) is 89.7 cm³/mol. The van der Waals surface area contributed by atoms with Crippen molar-refractivity contribution < 1.29 is 9.47 Å². The molecule has 0 fully saturated rings. The molecule has 112 valence electrons. The summed E-state index contributed by atoms with van der Waals surface area (Å²) >= 11 is 3.43. The summed E-state index contributed by atoms with van der Waals surface area (Å²) in [6.45, 7) is 1.50. The fourth-order valence-electron chi connectivity index (χ4n) is 2.10. The van der Waals surface area contributed by atoms with Crippen LogP contribution in [-0.2, 0) is 17.8 Å². The lowest BCUT2D eigenvalue weighted by Gasteiger charge is -2.06. The molecular weight excluding hydrogens is 328 g/mol. The van der Waals surface area contributed by atoms with Crippen LogP contribution >= 0.6 is 15.9 Å². The molecule has 0 aliphatic rings. The molecule has 21 heavy (non-hydrogen) atoms. The first-order valence-corrected chi connectivity index (χ1v) is 8.02. The molecule has 0 aliphatic carbocycles. The van der Waals surface area contributed by atoms with E-state index >= 15 is 0 Å². The van der Waals surface area contributed by atoms with Gasteiger partial charge in [-0.1, -0.05) is 40.2 Å². The summed E-state index contributed by atoms with van der Waals surface area (Å²) in [5.74, 6) is 0.914. The van der Waals surface area contributed by atoms with Gasteiger partial charge in [-0.2, -0.15) is 0 Å². The average molecular weight is 349 g/mol. The minimum Gasteiger partial charge on any atom is -0.497 e. The Kier molecular flexibility index (Phi) is 6.77. The van der Waals surface area contributed by atoms with Crippen LogP contribution in [0.25, 0.3) is 0 Å². The van der Waals surface area contributed by atoms with Gasteiger partial charge in [0.05, 0.1) is 13.7 Å². The van der Waals surface area contributed by atoms with Crippen molar-refractivity contribution in [2.45, 2.75) is 25.9 Å². The molecule has 0 saturated carbocycles. The summed E-state index contributed by atoms with van der Waals surface area (Å²) in [7, 11) is 1.69. The highest BCUT2D eigenvalue weighted by Gasteiger charge is 1.97. The maximum atomic E-state index is 5.70. The first kappa shape index (κ1) is 16.1. The van der Waals surface area contributed by atoms with E-state index in [1.54, 1.807) is 7.11 Å². The molecule has 2 rings (SSSR count). The molecule has 2 aromatic carbocycles. The fraction of sp³-hybridized carbons (Fsp3) is 0.333. The standard InChI is InChI=1S/C18H21BrO2/c1-20-18-11-7-15(8-12-18)4-2-3-13-21-14-16-5-9-17(19)10-6-16/h5-12H,2-4,13-14H2,1H3. The quantitative estimate of drug-likeness (QED) is 0.625. The molecule has 0 aromatic heterocycles. The van der Waals surface area contributed by atoms with Crippen molar-refractivity contribution in [1.29, 1.82) is 0 Å². The van der Waals surface area contributed by atoms with E-state index in [-0.39, 0.29) is 0 Å². The van der Waals surface area contributed by atoms with Crippen molar-refractivity contribution in [3.63, 3.8) is 0 Å². The largest absolute Gasteiger partial charge is 0.497 e. The van der Waals surface area contributed by atoms with Crippen LogP contribution < -0.4 is 4.74 Å². The summed E-state index contributed by atoms with van der Waals surface area (Å²) in [5.41, 5.74) is 2.57. The summed E-state index contributed by atoms with van der Waals surface area (Å²) in [6.07, 6.45) is 3.32. The molecule has 0 bridgehead atoms. The van der Waals surface area contributed by atoms with Crippen molar-refractivity contribution in [2.75, 3.05) is 13.7 Å². The Morgan fingerprint density at radius 1 is 0.857 bits per heavy atom. The van der Waals surface area contributed by atoms with Gasteiger partial charge in [-0.15, -0.1) is 0 Å². The first-order chi connectivity index (χ1) is 10.3. The second kappa shape index (κ2) is 8.85. The van der Waals surface area contributed by atoms with Gasteiger partial charge in [-0.05, 0) is 54.7 Å². The van der Waals surface area contributed by atoms with Gasteiger partial charge in [0.2, 0.25) is 0 Å². The zero-order valence-corrected chi connectivity index (χ0v) is 13.9. The van der Waals surface area contributed by atoms with Crippen LogP contribution in [0.1, 0.15) is 24.0 Å². The highest BCUT2D eigenvalue weighted by molar-refractivity contribution is 9.10. The van der Waals surface area contributed by atoms with E-state index in [9.17, 15) is 0 Å². The third-order valence-corrected chi connectivity index (χ3v) is 3.87.